The predicted octanol–water partition coefficient (Wildman–Crippen LogP) is 0.339. The van der Waals surface area contributed by atoms with Crippen LogP contribution >= 0.6 is 11.6 Å². The molecule has 0 saturated carbocycles. The van der Waals surface area contributed by atoms with Gasteiger partial charge in [-0.15, -0.1) is 0 Å². The molecule has 2 heterocycles. The maximum atomic E-state index is 12.2. The summed E-state index contributed by atoms with van der Waals surface area (Å²) in [6.45, 7) is 2.88. The molecule has 2 N–H and O–H groups in total. The van der Waals surface area contributed by atoms with Crippen molar-refractivity contribution >= 4 is 17.5 Å². The zero-order chi connectivity index (χ0) is 12.6. The fraction of sp³-hybridized carbons (Fsp3) is 0.545. The van der Waals surface area contributed by atoms with Crippen LogP contribution in [0.5, 0.6) is 0 Å². The van der Waals surface area contributed by atoms with E-state index in [2.05, 4.69) is 0 Å². The predicted molar refractivity (Wildman–Crippen MR) is 63.0 cm³/mol. The van der Waals surface area contributed by atoms with E-state index in [0.717, 1.165) is 0 Å². The second kappa shape index (κ2) is 4.68. The van der Waals surface area contributed by atoms with Crippen LogP contribution in [-0.4, -0.2) is 50.9 Å². The third-order valence-electron chi connectivity index (χ3n) is 2.97. The number of likely N-dealkylation sites (tertiary alicyclic amines) is 1. The molecule has 1 aliphatic heterocycles. The molecular weight excluding hydrogens is 244 g/mol. The summed E-state index contributed by atoms with van der Waals surface area (Å²) >= 11 is 5.86. The summed E-state index contributed by atoms with van der Waals surface area (Å²) in [6.07, 6.45) is -0.0310. The van der Waals surface area contributed by atoms with E-state index >= 15 is 0 Å². The Morgan fingerprint density at radius 3 is 2.59 bits per heavy atom. The Bertz CT molecular complexity index is 422. The molecule has 2 unspecified atom stereocenters. The van der Waals surface area contributed by atoms with Gasteiger partial charge in [0.2, 0.25) is 0 Å². The molecule has 1 saturated heterocycles. The third kappa shape index (κ3) is 2.31. The molecule has 1 aromatic rings. The zero-order valence-corrected chi connectivity index (χ0v) is 10.3. The van der Waals surface area contributed by atoms with Crippen molar-refractivity contribution in [2.45, 2.75) is 25.7 Å². The number of halogens is 1. The number of aromatic nitrogens is 1. The van der Waals surface area contributed by atoms with E-state index < -0.39 is 12.2 Å². The monoisotopic (exact) mass is 258 g/mol. The van der Waals surface area contributed by atoms with Gasteiger partial charge in [0.25, 0.3) is 5.91 Å². The Labute approximate surface area is 104 Å². The van der Waals surface area contributed by atoms with E-state index in [4.69, 9.17) is 11.6 Å². The summed E-state index contributed by atoms with van der Waals surface area (Å²) in [4.78, 5) is 13.6. The molecule has 1 amide bonds. The number of aryl methyl sites for hydroxylation is 1. The molecule has 94 valence electrons. The molecule has 6 heteroatoms. The molecule has 0 aliphatic carbocycles. The highest BCUT2D eigenvalue weighted by molar-refractivity contribution is 6.31. The lowest BCUT2D eigenvalue weighted by Crippen LogP contribution is -2.31. The smallest absolute Gasteiger partial charge is 0.270 e. The Hall–Kier alpha value is -1.04. The Kier molecular flexibility index (Phi) is 3.42. The standard InChI is InChI=1S/C11H15ClN2O3/c1-2-13-4-7(12)3-8(13)11(17)14-5-9(15)10(16)6-14/h3-4,9-10,15-16H,2,5-6H2,1H3. The molecule has 0 radical (unpaired) electrons. The van der Waals surface area contributed by atoms with Crippen LogP contribution in [0, 0.1) is 0 Å². The molecule has 2 rings (SSSR count). The first-order chi connectivity index (χ1) is 8.02. The van der Waals surface area contributed by atoms with Crippen LogP contribution in [0.15, 0.2) is 12.3 Å². The van der Waals surface area contributed by atoms with E-state index in [1.54, 1.807) is 16.8 Å². The Balaban J connectivity index is 2.20. The van der Waals surface area contributed by atoms with E-state index in [0.29, 0.717) is 17.3 Å². The number of nitrogens with zero attached hydrogens (tertiary/aromatic N) is 2. The van der Waals surface area contributed by atoms with Crippen LogP contribution in [0.1, 0.15) is 17.4 Å². The minimum Gasteiger partial charge on any atom is -0.388 e. The number of rotatable bonds is 2. The first-order valence-electron chi connectivity index (χ1n) is 5.54. The molecule has 0 aromatic carbocycles. The van der Waals surface area contributed by atoms with Crippen molar-refractivity contribution in [3.8, 4) is 0 Å². The van der Waals surface area contributed by atoms with E-state index in [1.807, 2.05) is 6.92 Å². The highest BCUT2D eigenvalue weighted by Crippen LogP contribution is 2.19. The van der Waals surface area contributed by atoms with E-state index in [9.17, 15) is 15.0 Å². The van der Waals surface area contributed by atoms with Gasteiger partial charge in [0.1, 0.15) is 5.69 Å². The molecule has 5 nitrogen and oxygen atoms in total. The molecule has 0 spiro atoms. The lowest BCUT2D eigenvalue weighted by molar-refractivity contribution is 0.0572. The van der Waals surface area contributed by atoms with E-state index in [1.165, 1.54) is 4.90 Å². The fourth-order valence-corrected chi connectivity index (χ4v) is 2.23. The largest absolute Gasteiger partial charge is 0.388 e. The number of aliphatic hydroxyl groups excluding tert-OH is 2. The lowest BCUT2D eigenvalue weighted by Gasteiger charge is -2.16. The van der Waals surface area contributed by atoms with Gasteiger partial charge in [0.15, 0.2) is 0 Å². The average molecular weight is 259 g/mol. The number of hydrogen-bond donors (Lipinski definition) is 2. The second-order valence-electron chi connectivity index (χ2n) is 4.17. The molecule has 17 heavy (non-hydrogen) atoms. The van der Waals surface area contributed by atoms with Crippen LogP contribution in [0.3, 0.4) is 0 Å². The number of aliphatic hydroxyl groups is 2. The minimum absolute atomic E-state index is 0.159. The summed E-state index contributed by atoms with van der Waals surface area (Å²) in [7, 11) is 0. The summed E-state index contributed by atoms with van der Waals surface area (Å²) in [6, 6.07) is 1.60. The molecular formula is C11H15ClN2O3. The van der Waals surface area contributed by atoms with Gasteiger partial charge < -0.3 is 19.7 Å². The molecule has 0 bridgehead atoms. The minimum atomic E-state index is -0.862. The van der Waals surface area contributed by atoms with Crippen LogP contribution < -0.4 is 0 Å². The number of β-amino-alcohol motifs (C(OH)–C–C–N with tert-alkyl or cyclic N) is 2. The topological polar surface area (TPSA) is 65.7 Å². The summed E-state index contributed by atoms with van der Waals surface area (Å²) in [5, 5.41) is 19.3. The van der Waals surface area contributed by atoms with Crippen molar-refractivity contribution in [3.63, 3.8) is 0 Å². The van der Waals surface area contributed by atoms with Gasteiger partial charge >= 0.3 is 0 Å². The normalized spacial score (nSPS) is 24.4. The lowest BCUT2D eigenvalue weighted by atomic mass is 10.3. The third-order valence-corrected chi connectivity index (χ3v) is 3.18. The zero-order valence-electron chi connectivity index (χ0n) is 9.51. The number of amides is 1. The first kappa shape index (κ1) is 12.4. The van der Waals surface area contributed by atoms with Crippen molar-refractivity contribution in [2.24, 2.45) is 0 Å². The maximum Gasteiger partial charge on any atom is 0.270 e. The summed E-state index contributed by atoms with van der Waals surface area (Å²) < 4.78 is 1.75. The van der Waals surface area contributed by atoms with Gasteiger partial charge in [0.05, 0.1) is 17.2 Å². The number of carbonyl (C=O) groups is 1. The van der Waals surface area contributed by atoms with Crippen molar-refractivity contribution in [3.05, 3.63) is 23.0 Å². The average Bonchev–Trinajstić information content (AvgIpc) is 2.82. The molecule has 2 atom stereocenters. The summed E-state index contributed by atoms with van der Waals surface area (Å²) in [5.41, 5.74) is 0.485. The van der Waals surface area contributed by atoms with Crippen LogP contribution in [0.4, 0.5) is 0 Å². The number of carbonyl (C=O) groups excluding carboxylic acids is 1. The second-order valence-corrected chi connectivity index (χ2v) is 4.61. The molecule has 1 aromatic heterocycles. The number of hydrogen-bond acceptors (Lipinski definition) is 3. The van der Waals surface area contributed by atoms with Gasteiger partial charge in [0, 0.05) is 25.8 Å². The van der Waals surface area contributed by atoms with Crippen LogP contribution in [0.25, 0.3) is 0 Å². The van der Waals surface area contributed by atoms with Crippen molar-refractivity contribution in [2.75, 3.05) is 13.1 Å². The highest BCUT2D eigenvalue weighted by Gasteiger charge is 2.33. The van der Waals surface area contributed by atoms with Gasteiger partial charge in [-0.3, -0.25) is 4.79 Å². The Morgan fingerprint density at radius 1 is 1.47 bits per heavy atom. The van der Waals surface area contributed by atoms with Crippen LogP contribution in [-0.2, 0) is 6.54 Å². The van der Waals surface area contributed by atoms with Gasteiger partial charge in [-0.25, -0.2) is 0 Å². The van der Waals surface area contributed by atoms with Gasteiger partial charge in [-0.2, -0.15) is 0 Å². The first-order valence-corrected chi connectivity index (χ1v) is 5.91. The Morgan fingerprint density at radius 2 is 2.06 bits per heavy atom. The molecule has 1 fully saturated rings. The van der Waals surface area contributed by atoms with Crippen LogP contribution in [0.2, 0.25) is 5.02 Å². The van der Waals surface area contributed by atoms with Gasteiger partial charge in [-0.1, -0.05) is 11.6 Å². The SMILES string of the molecule is CCn1cc(Cl)cc1C(=O)N1CC(O)C(O)C1. The van der Waals surface area contributed by atoms with Crippen molar-refractivity contribution in [1.82, 2.24) is 9.47 Å². The van der Waals surface area contributed by atoms with E-state index in [-0.39, 0.29) is 19.0 Å². The van der Waals surface area contributed by atoms with Crippen molar-refractivity contribution < 1.29 is 15.0 Å². The molecule has 1 aliphatic rings. The quantitative estimate of drug-likeness (QED) is 0.804. The van der Waals surface area contributed by atoms with Gasteiger partial charge in [-0.05, 0) is 13.0 Å². The maximum absolute atomic E-state index is 12.2. The highest BCUT2D eigenvalue weighted by atomic mass is 35.5. The van der Waals surface area contributed by atoms with Crippen molar-refractivity contribution in [1.29, 1.82) is 0 Å². The fourth-order valence-electron chi connectivity index (χ4n) is 2.01. The summed E-state index contributed by atoms with van der Waals surface area (Å²) in [5.74, 6) is -0.214.